The van der Waals surface area contributed by atoms with E-state index in [9.17, 15) is 4.79 Å². The average Bonchev–Trinajstić information content (AvgIpc) is 2.77. The minimum Gasteiger partial charge on any atom is -0.366 e. The number of hydrogen-bond donors (Lipinski definition) is 3. The molecule has 0 saturated carbocycles. The Kier molecular flexibility index (Phi) is 7.00. The molecule has 3 aromatic rings. The van der Waals surface area contributed by atoms with Crippen LogP contribution < -0.4 is 16.4 Å². The Morgan fingerprint density at radius 2 is 1.41 bits per heavy atom. The SMILES string of the molecule is CN=C(NCc1ccc(C(N)=O)cc1)NCC(c1ccccc1)c1ccccc1. The standard InChI is InChI=1S/C24H26N4O/c1-26-24(27-16-18-12-14-21(15-13-18)23(25)29)28-17-22(19-8-4-2-5-9-19)20-10-6-3-7-11-20/h2-15,22H,16-17H2,1H3,(H2,25,29)(H2,26,27,28). The second-order valence-corrected chi connectivity index (χ2v) is 6.74. The number of benzene rings is 3. The molecule has 148 valence electrons. The maximum Gasteiger partial charge on any atom is 0.248 e. The maximum atomic E-state index is 11.2. The van der Waals surface area contributed by atoms with Gasteiger partial charge in [0.05, 0.1) is 0 Å². The van der Waals surface area contributed by atoms with Crippen LogP contribution in [0.3, 0.4) is 0 Å². The van der Waals surface area contributed by atoms with Crippen molar-refractivity contribution in [2.75, 3.05) is 13.6 Å². The molecule has 0 atom stereocenters. The van der Waals surface area contributed by atoms with Gasteiger partial charge in [-0.1, -0.05) is 72.8 Å². The quantitative estimate of drug-likeness (QED) is 0.431. The molecule has 0 aliphatic rings. The Morgan fingerprint density at radius 1 is 0.862 bits per heavy atom. The minimum absolute atomic E-state index is 0.214. The van der Waals surface area contributed by atoms with Crippen molar-refractivity contribution >= 4 is 11.9 Å². The van der Waals surface area contributed by atoms with Crippen LogP contribution in [0, 0.1) is 0 Å². The van der Waals surface area contributed by atoms with Crippen LogP contribution in [0.1, 0.15) is 33.0 Å². The monoisotopic (exact) mass is 386 g/mol. The Morgan fingerprint density at radius 3 is 1.90 bits per heavy atom. The topological polar surface area (TPSA) is 79.5 Å². The molecule has 0 aliphatic heterocycles. The summed E-state index contributed by atoms with van der Waals surface area (Å²) in [5, 5.41) is 6.75. The van der Waals surface area contributed by atoms with Crippen LogP contribution in [0.4, 0.5) is 0 Å². The Balaban J connectivity index is 1.64. The van der Waals surface area contributed by atoms with E-state index in [2.05, 4.69) is 64.2 Å². The number of carbonyl (C=O) groups is 1. The lowest BCUT2D eigenvalue weighted by Gasteiger charge is -2.20. The smallest absolute Gasteiger partial charge is 0.248 e. The first-order valence-corrected chi connectivity index (χ1v) is 9.60. The Labute approximate surface area is 171 Å². The number of carbonyl (C=O) groups excluding carboxylic acids is 1. The van der Waals surface area contributed by atoms with Crippen molar-refractivity contribution in [1.29, 1.82) is 0 Å². The number of primary amides is 1. The summed E-state index contributed by atoms with van der Waals surface area (Å²) in [7, 11) is 1.76. The van der Waals surface area contributed by atoms with Crippen LogP contribution >= 0.6 is 0 Å². The summed E-state index contributed by atoms with van der Waals surface area (Å²) in [6.07, 6.45) is 0. The summed E-state index contributed by atoms with van der Waals surface area (Å²) >= 11 is 0. The van der Waals surface area contributed by atoms with E-state index in [1.165, 1.54) is 11.1 Å². The molecule has 0 radical (unpaired) electrons. The van der Waals surface area contributed by atoms with Gasteiger partial charge in [0.25, 0.3) is 0 Å². The molecule has 0 unspecified atom stereocenters. The number of amides is 1. The fraction of sp³-hybridized carbons (Fsp3) is 0.167. The van der Waals surface area contributed by atoms with Crippen LogP contribution in [-0.4, -0.2) is 25.5 Å². The van der Waals surface area contributed by atoms with Crippen molar-refractivity contribution in [2.45, 2.75) is 12.5 Å². The highest BCUT2D eigenvalue weighted by Gasteiger charge is 2.14. The van der Waals surface area contributed by atoms with Crippen LogP contribution in [0.25, 0.3) is 0 Å². The summed E-state index contributed by atoms with van der Waals surface area (Å²) in [5.74, 6) is 0.515. The van der Waals surface area contributed by atoms with Gasteiger partial charge in [-0.05, 0) is 28.8 Å². The number of nitrogens with zero attached hydrogens (tertiary/aromatic N) is 1. The molecule has 29 heavy (non-hydrogen) atoms. The summed E-state index contributed by atoms with van der Waals surface area (Å²) in [5.41, 5.74) is 9.34. The fourth-order valence-electron chi connectivity index (χ4n) is 3.19. The maximum absolute atomic E-state index is 11.2. The number of guanidine groups is 1. The Hall–Kier alpha value is -3.60. The summed E-state index contributed by atoms with van der Waals surface area (Å²) in [6, 6.07) is 28.1. The zero-order chi connectivity index (χ0) is 20.5. The first-order chi connectivity index (χ1) is 14.2. The molecule has 0 saturated heterocycles. The Bertz CT molecular complexity index is 898. The van der Waals surface area contributed by atoms with E-state index < -0.39 is 5.91 Å². The van der Waals surface area contributed by atoms with E-state index in [1.54, 1.807) is 19.2 Å². The van der Waals surface area contributed by atoms with Crippen molar-refractivity contribution in [3.8, 4) is 0 Å². The number of rotatable bonds is 7. The lowest BCUT2D eigenvalue weighted by atomic mass is 9.91. The van der Waals surface area contributed by atoms with Crippen LogP contribution in [-0.2, 0) is 6.54 Å². The number of hydrogen-bond acceptors (Lipinski definition) is 2. The molecule has 0 spiro atoms. The van der Waals surface area contributed by atoms with Crippen LogP contribution in [0.15, 0.2) is 89.9 Å². The molecular weight excluding hydrogens is 360 g/mol. The van der Waals surface area contributed by atoms with Crippen LogP contribution in [0.2, 0.25) is 0 Å². The van der Waals surface area contributed by atoms with Gasteiger partial charge in [0.15, 0.2) is 5.96 Å². The lowest BCUT2D eigenvalue weighted by molar-refractivity contribution is 0.100. The third kappa shape index (κ3) is 5.69. The van der Waals surface area contributed by atoms with E-state index in [-0.39, 0.29) is 5.92 Å². The number of nitrogens with one attached hydrogen (secondary N) is 2. The third-order valence-electron chi connectivity index (χ3n) is 4.80. The molecular formula is C24H26N4O. The number of nitrogens with two attached hydrogens (primary N) is 1. The van der Waals surface area contributed by atoms with Crippen molar-refractivity contribution in [2.24, 2.45) is 10.7 Å². The number of aliphatic imine (C=N–C) groups is 1. The average molecular weight is 386 g/mol. The van der Waals surface area contributed by atoms with E-state index >= 15 is 0 Å². The predicted octanol–water partition coefficient (Wildman–Crippen LogP) is 3.28. The zero-order valence-electron chi connectivity index (χ0n) is 16.5. The first-order valence-electron chi connectivity index (χ1n) is 9.60. The second kappa shape index (κ2) is 10.1. The van der Waals surface area contributed by atoms with Crippen molar-refractivity contribution in [3.63, 3.8) is 0 Å². The molecule has 5 nitrogen and oxygen atoms in total. The van der Waals surface area contributed by atoms with Crippen LogP contribution in [0.5, 0.6) is 0 Å². The van der Waals surface area contributed by atoms with Gasteiger partial charge < -0.3 is 16.4 Å². The van der Waals surface area contributed by atoms with Gasteiger partial charge in [0.1, 0.15) is 0 Å². The molecule has 0 aromatic heterocycles. The van der Waals surface area contributed by atoms with Gasteiger partial charge in [-0.3, -0.25) is 9.79 Å². The molecule has 5 heteroatoms. The van der Waals surface area contributed by atoms with Gasteiger partial charge in [-0.2, -0.15) is 0 Å². The summed E-state index contributed by atoms with van der Waals surface area (Å²) in [4.78, 5) is 15.5. The highest BCUT2D eigenvalue weighted by Crippen LogP contribution is 2.23. The van der Waals surface area contributed by atoms with Crippen molar-refractivity contribution in [3.05, 3.63) is 107 Å². The third-order valence-corrected chi connectivity index (χ3v) is 4.80. The lowest BCUT2D eigenvalue weighted by Crippen LogP contribution is -2.39. The highest BCUT2D eigenvalue weighted by molar-refractivity contribution is 5.92. The van der Waals surface area contributed by atoms with Gasteiger partial charge in [0, 0.05) is 31.6 Å². The molecule has 0 aliphatic carbocycles. The fourth-order valence-corrected chi connectivity index (χ4v) is 3.19. The van der Waals surface area contributed by atoms with E-state index in [4.69, 9.17) is 5.73 Å². The van der Waals surface area contributed by atoms with Gasteiger partial charge in [-0.25, -0.2) is 0 Å². The van der Waals surface area contributed by atoms with Crippen molar-refractivity contribution in [1.82, 2.24) is 10.6 Å². The minimum atomic E-state index is -0.421. The molecule has 0 bridgehead atoms. The second-order valence-electron chi connectivity index (χ2n) is 6.74. The zero-order valence-corrected chi connectivity index (χ0v) is 16.5. The summed E-state index contributed by atoms with van der Waals surface area (Å²) in [6.45, 7) is 1.31. The van der Waals surface area contributed by atoms with E-state index in [1.807, 2.05) is 24.3 Å². The van der Waals surface area contributed by atoms with E-state index in [0.29, 0.717) is 18.7 Å². The molecule has 1 amide bonds. The predicted molar refractivity (Wildman–Crippen MR) is 118 cm³/mol. The molecule has 3 aromatic carbocycles. The van der Waals surface area contributed by atoms with Gasteiger partial charge in [0.2, 0.25) is 5.91 Å². The molecule has 4 N–H and O–H groups in total. The largest absolute Gasteiger partial charge is 0.366 e. The summed E-state index contributed by atoms with van der Waals surface area (Å²) < 4.78 is 0. The first kappa shape index (κ1) is 20.1. The molecule has 3 rings (SSSR count). The normalized spacial score (nSPS) is 11.3. The van der Waals surface area contributed by atoms with Crippen molar-refractivity contribution < 1.29 is 4.79 Å². The van der Waals surface area contributed by atoms with Gasteiger partial charge >= 0.3 is 0 Å². The highest BCUT2D eigenvalue weighted by atomic mass is 16.1. The van der Waals surface area contributed by atoms with Gasteiger partial charge in [-0.15, -0.1) is 0 Å². The molecule has 0 heterocycles. The molecule has 0 fully saturated rings. The van der Waals surface area contributed by atoms with E-state index in [0.717, 1.165) is 11.5 Å².